The highest BCUT2D eigenvalue weighted by atomic mass is 32.2. The van der Waals surface area contributed by atoms with Gasteiger partial charge in [-0.15, -0.1) is 23.1 Å². The summed E-state index contributed by atoms with van der Waals surface area (Å²) in [5.41, 5.74) is 3.77. The van der Waals surface area contributed by atoms with Crippen molar-refractivity contribution >= 4 is 23.1 Å². The maximum atomic E-state index is 4.64. The van der Waals surface area contributed by atoms with Crippen molar-refractivity contribution in [2.45, 2.75) is 24.9 Å². The van der Waals surface area contributed by atoms with Gasteiger partial charge >= 0.3 is 0 Å². The molecule has 1 atom stereocenters. The average Bonchev–Trinajstić information content (AvgIpc) is 3.02. The lowest BCUT2D eigenvalue weighted by Gasteiger charge is -2.11. The average molecular weight is 327 g/mol. The fraction of sp³-hybridized carbons (Fsp3) is 0.235. The summed E-state index contributed by atoms with van der Waals surface area (Å²) in [4.78, 5) is 13.1. The van der Waals surface area contributed by atoms with Crippen LogP contribution in [0.4, 0.5) is 0 Å². The molecule has 3 nitrogen and oxygen atoms in total. The van der Waals surface area contributed by atoms with Crippen LogP contribution in [0.15, 0.2) is 48.1 Å². The Hall–Kier alpha value is -1.72. The molecule has 1 aromatic carbocycles. The van der Waals surface area contributed by atoms with Crippen LogP contribution in [0.1, 0.15) is 29.0 Å². The molecule has 0 aliphatic rings. The molecule has 3 aromatic rings. The third-order valence-corrected chi connectivity index (χ3v) is 5.42. The minimum atomic E-state index is 0.457. The molecule has 22 heavy (non-hydrogen) atoms. The first-order valence-electron chi connectivity index (χ1n) is 7.12. The van der Waals surface area contributed by atoms with E-state index in [-0.39, 0.29) is 0 Å². The van der Waals surface area contributed by atoms with E-state index in [1.807, 2.05) is 17.8 Å². The third-order valence-electron chi connectivity index (χ3n) is 3.30. The number of aryl methyl sites for hydroxylation is 1. The monoisotopic (exact) mass is 327 g/mol. The zero-order valence-corrected chi connectivity index (χ0v) is 14.2. The Morgan fingerprint density at radius 3 is 2.77 bits per heavy atom. The maximum Gasteiger partial charge on any atom is 0.188 e. The van der Waals surface area contributed by atoms with Crippen LogP contribution >= 0.6 is 23.1 Å². The highest BCUT2D eigenvalue weighted by Crippen LogP contribution is 2.32. The van der Waals surface area contributed by atoms with Crippen molar-refractivity contribution in [3.8, 4) is 10.8 Å². The quantitative estimate of drug-likeness (QED) is 0.668. The predicted molar refractivity (Wildman–Crippen MR) is 94.0 cm³/mol. The number of thioether (sulfide) groups is 1. The van der Waals surface area contributed by atoms with Gasteiger partial charge in [0.05, 0.1) is 5.69 Å². The minimum Gasteiger partial charge on any atom is -0.237 e. The smallest absolute Gasteiger partial charge is 0.188 e. The Morgan fingerprint density at radius 1 is 1.18 bits per heavy atom. The largest absolute Gasteiger partial charge is 0.237 e. The number of nitrogens with zero attached hydrogens (tertiary/aromatic N) is 3. The fourth-order valence-electron chi connectivity index (χ4n) is 2.12. The molecule has 2 aromatic heterocycles. The van der Waals surface area contributed by atoms with Crippen LogP contribution in [0.3, 0.4) is 0 Å². The molecule has 0 fully saturated rings. The summed E-state index contributed by atoms with van der Waals surface area (Å²) in [5.74, 6) is 1.61. The van der Waals surface area contributed by atoms with E-state index in [2.05, 4.69) is 58.4 Å². The molecule has 112 valence electrons. The van der Waals surface area contributed by atoms with Crippen molar-refractivity contribution < 1.29 is 0 Å². The molecule has 1 unspecified atom stereocenters. The first-order valence-corrected chi connectivity index (χ1v) is 9.05. The van der Waals surface area contributed by atoms with Gasteiger partial charge in [0.1, 0.15) is 0 Å². The molecule has 0 aliphatic heterocycles. The Kier molecular flexibility index (Phi) is 4.85. The number of thiazole rings is 1. The number of benzene rings is 1. The van der Waals surface area contributed by atoms with E-state index in [0.29, 0.717) is 11.1 Å². The van der Waals surface area contributed by atoms with Crippen LogP contribution in [0.5, 0.6) is 0 Å². The fourth-order valence-corrected chi connectivity index (χ4v) is 3.89. The van der Waals surface area contributed by atoms with Gasteiger partial charge in [-0.2, -0.15) is 0 Å². The van der Waals surface area contributed by atoms with Crippen LogP contribution in [-0.2, 0) is 5.75 Å². The molecule has 0 saturated carbocycles. The van der Waals surface area contributed by atoms with Gasteiger partial charge in [0.25, 0.3) is 0 Å². The predicted octanol–water partition coefficient (Wildman–Crippen LogP) is 4.90. The van der Waals surface area contributed by atoms with E-state index < -0.39 is 0 Å². The molecule has 0 amide bonds. The molecule has 0 spiro atoms. The summed E-state index contributed by atoms with van der Waals surface area (Å²) < 4.78 is 0. The Labute approximate surface area is 138 Å². The number of aromatic nitrogens is 3. The van der Waals surface area contributed by atoms with E-state index >= 15 is 0 Å². The Morgan fingerprint density at radius 2 is 2.00 bits per heavy atom. The standard InChI is InChI=1S/C17H17N3S2/c1-12-5-3-6-14(9-12)13(2)21-10-15-11-22-17(20-15)16-18-7-4-8-19-16/h3-9,11,13H,10H2,1-2H3. The molecule has 0 radical (unpaired) electrons. The third kappa shape index (κ3) is 3.72. The lowest BCUT2D eigenvalue weighted by Crippen LogP contribution is -1.91. The molecule has 0 bridgehead atoms. The van der Waals surface area contributed by atoms with E-state index in [9.17, 15) is 0 Å². The normalized spacial score (nSPS) is 12.3. The van der Waals surface area contributed by atoms with Crippen molar-refractivity contribution in [2.24, 2.45) is 0 Å². The lowest BCUT2D eigenvalue weighted by molar-refractivity contribution is 1.08. The molecule has 0 N–H and O–H groups in total. The maximum absolute atomic E-state index is 4.64. The van der Waals surface area contributed by atoms with Crippen molar-refractivity contribution in [1.82, 2.24) is 15.0 Å². The van der Waals surface area contributed by atoms with Crippen LogP contribution < -0.4 is 0 Å². The number of hydrogen-bond donors (Lipinski definition) is 0. The van der Waals surface area contributed by atoms with Crippen molar-refractivity contribution in [1.29, 1.82) is 0 Å². The van der Waals surface area contributed by atoms with Crippen LogP contribution in [-0.4, -0.2) is 15.0 Å². The Bertz CT molecular complexity index is 740. The van der Waals surface area contributed by atoms with Crippen molar-refractivity contribution in [2.75, 3.05) is 0 Å². The molecule has 0 saturated heterocycles. The molecule has 0 aliphatic carbocycles. The van der Waals surface area contributed by atoms with E-state index in [0.717, 1.165) is 16.5 Å². The number of hydrogen-bond acceptors (Lipinski definition) is 5. The SMILES string of the molecule is Cc1cccc(C(C)SCc2csc(-c3ncccn3)n2)c1. The summed E-state index contributed by atoms with van der Waals surface area (Å²) >= 11 is 3.51. The van der Waals surface area contributed by atoms with Crippen LogP contribution in [0.25, 0.3) is 10.8 Å². The van der Waals surface area contributed by atoms with Gasteiger partial charge in [0, 0.05) is 28.8 Å². The van der Waals surface area contributed by atoms with Gasteiger partial charge in [0.15, 0.2) is 10.8 Å². The van der Waals surface area contributed by atoms with E-state index in [1.54, 1.807) is 23.7 Å². The zero-order chi connectivity index (χ0) is 15.4. The first kappa shape index (κ1) is 15.2. The summed E-state index contributed by atoms with van der Waals surface area (Å²) in [5, 5.41) is 3.44. The molecule has 5 heteroatoms. The summed E-state index contributed by atoms with van der Waals surface area (Å²) in [7, 11) is 0. The van der Waals surface area contributed by atoms with Crippen molar-refractivity contribution in [3.63, 3.8) is 0 Å². The topological polar surface area (TPSA) is 38.7 Å². The van der Waals surface area contributed by atoms with Gasteiger partial charge < -0.3 is 0 Å². The second kappa shape index (κ2) is 7.03. The van der Waals surface area contributed by atoms with Gasteiger partial charge in [-0.1, -0.05) is 29.8 Å². The first-order chi connectivity index (χ1) is 10.7. The molecular formula is C17H17N3S2. The van der Waals surface area contributed by atoms with Crippen LogP contribution in [0, 0.1) is 6.92 Å². The zero-order valence-electron chi connectivity index (χ0n) is 12.6. The van der Waals surface area contributed by atoms with E-state index in [1.165, 1.54) is 11.1 Å². The molecule has 2 heterocycles. The summed E-state index contributed by atoms with van der Waals surface area (Å²) in [6, 6.07) is 10.5. The van der Waals surface area contributed by atoms with E-state index in [4.69, 9.17) is 0 Å². The van der Waals surface area contributed by atoms with Gasteiger partial charge in [-0.05, 0) is 25.5 Å². The second-order valence-electron chi connectivity index (χ2n) is 5.08. The van der Waals surface area contributed by atoms with Crippen LogP contribution in [0.2, 0.25) is 0 Å². The minimum absolute atomic E-state index is 0.457. The highest BCUT2D eigenvalue weighted by molar-refractivity contribution is 7.98. The summed E-state index contributed by atoms with van der Waals surface area (Å²) in [6.07, 6.45) is 3.50. The summed E-state index contributed by atoms with van der Waals surface area (Å²) in [6.45, 7) is 4.38. The van der Waals surface area contributed by atoms with Gasteiger partial charge in [-0.3, -0.25) is 0 Å². The molecule has 3 rings (SSSR count). The van der Waals surface area contributed by atoms with Gasteiger partial charge in [0.2, 0.25) is 0 Å². The second-order valence-corrected chi connectivity index (χ2v) is 7.27. The highest BCUT2D eigenvalue weighted by Gasteiger charge is 2.10. The number of rotatable bonds is 5. The molecular weight excluding hydrogens is 310 g/mol. The van der Waals surface area contributed by atoms with Crippen molar-refractivity contribution in [3.05, 3.63) is 64.9 Å². The Balaban J connectivity index is 1.64. The lowest BCUT2D eigenvalue weighted by atomic mass is 10.1. The van der Waals surface area contributed by atoms with Gasteiger partial charge in [-0.25, -0.2) is 15.0 Å².